The standard InChI is InChI=1S/C25H23N3O/c1-16-4-7-23-21(12-16)22(25(29)27-15-19-8-10-26-11-9-19)14-24(28-23)20-6-5-17(2)18(3)13-20/h4-14H,15H2,1-3H3,(H,27,29). The van der Waals surface area contributed by atoms with Crippen molar-refractivity contribution in [1.29, 1.82) is 0 Å². The minimum Gasteiger partial charge on any atom is -0.348 e. The van der Waals surface area contributed by atoms with Crippen LogP contribution in [0.4, 0.5) is 0 Å². The molecule has 0 unspecified atom stereocenters. The molecule has 0 spiro atoms. The van der Waals surface area contributed by atoms with Crippen LogP contribution in [0.2, 0.25) is 0 Å². The van der Waals surface area contributed by atoms with E-state index in [4.69, 9.17) is 4.98 Å². The van der Waals surface area contributed by atoms with E-state index in [1.54, 1.807) is 12.4 Å². The van der Waals surface area contributed by atoms with Crippen LogP contribution in [0.5, 0.6) is 0 Å². The van der Waals surface area contributed by atoms with Gasteiger partial charge in [0.05, 0.1) is 16.8 Å². The Morgan fingerprint density at radius 3 is 2.45 bits per heavy atom. The first-order valence-electron chi connectivity index (χ1n) is 9.67. The van der Waals surface area contributed by atoms with E-state index in [0.717, 1.165) is 33.3 Å². The molecule has 0 bridgehead atoms. The van der Waals surface area contributed by atoms with Crippen LogP contribution in [-0.2, 0) is 6.54 Å². The van der Waals surface area contributed by atoms with Crippen LogP contribution in [0, 0.1) is 20.8 Å². The number of fused-ring (bicyclic) bond motifs is 1. The van der Waals surface area contributed by atoms with Gasteiger partial charge in [0.1, 0.15) is 0 Å². The largest absolute Gasteiger partial charge is 0.348 e. The molecule has 2 heterocycles. The van der Waals surface area contributed by atoms with Crippen LogP contribution < -0.4 is 5.32 Å². The van der Waals surface area contributed by atoms with Crippen molar-refractivity contribution in [2.24, 2.45) is 0 Å². The van der Waals surface area contributed by atoms with E-state index in [1.807, 2.05) is 43.3 Å². The summed E-state index contributed by atoms with van der Waals surface area (Å²) in [5.74, 6) is -0.107. The highest BCUT2D eigenvalue weighted by atomic mass is 16.1. The van der Waals surface area contributed by atoms with Gasteiger partial charge in [-0.1, -0.05) is 23.8 Å². The Balaban J connectivity index is 1.77. The van der Waals surface area contributed by atoms with E-state index in [2.05, 4.69) is 42.3 Å². The van der Waals surface area contributed by atoms with Crippen molar-refractivity contribution in [1.82, 2.24) is 15.3 Å². The van der Waals surface area contributed by atoms with Gasteiger partial charge in [-0.2, -0.15) is 0 Å². The number of carbonyl (C=O) groups is 1. The summed E-state index contributed by atoms with van der Waals surface area (Å²) in [5.41, 5.74) is 7.83. The summed E-state index contributed by atoms with van der Waals surface area (Å²) in [5, 5.41) is 3.90. The van der Waals surface area contributed by atoms with Crippen LogP contribution in [0.25, 0.3) is 22.2 Å². The molecule has 1 N–H and O–H groups in total. The number of carbonyl (C=O) groups excluding carboxylic acids is 1. The zero-order chi connectivity index (χ0) is 20.4. The molecule has 4 rings (SSSR count). The summed E-state index contributed by atoms with van der Waals surface area (Å²) in [6, 6.07) is 18.0. The van der Waals surface area contributed by atoms with Gasteiger partial charge in [-0.25, -0.2) is 4.98 Å². The maximum atomic E-state index is 13.1. The lowest BCUT2D eigenvalue weighted by Crippen LogP contribution is -2.23. The maximum absolute atomic E-state index is 13.1. The maximum Gasteiger partial charge on any atom is 0.252 e. The number of aryl methyl sites for hydroxylation is 3. The molecule has 0 radical (unpaired) electrons. The highest BCUT2D eigenvalue weighted by Crippen LogP contribution is 2.27. The molecule has 1 amide bonds. The molecule has 0 atom stereocenters. The van der Waals surface area contributed by atoms with E-state index in [1.165, 1.54) is 11.1 Å². The molecule has 0 saturated carbocycles. The topological polar surface area (TPSA) is 54.9 Å². The smallest absolute Gasteiger partial charge is 0.252 e. The minimum absolute atomic E-state index is 0.107. The highest BCUT2D eigenvalue weighted by molar-refractivity contribution is 6.07. The minimum atomic E-state index is -0.107. The second kappa shape index (κ2) is 7.84. The molecule has 29 heavy (non-hydrogen) atoms. The molecule has 4 nitrogen and oxygen atoms in total. The zero-order valence-electron chi connectivity index (χ0n) is 16.9. The second-order valence-electron chi connectivity index (χ2n) is 7.41. The van der Waals surface area contributed by atoms with Crippen molar-refractivity contribution in [3.63, 3.8) is 0 Å². The number of rotatable bonds is 4. The summed E-state index contributed by atoms with van der Waals surface area (Å²) < 4.78 is 0. The van der Waals surface area contributed by atoms with Crippen LogP contribution >= 0.6 is 0 Å². The average molecular weight is 381 g/mol. The van der Waals surface area contributed by atoms with E-state index >= 15 is 0 Å². The van der Waals surface area contributed by atoms with Crippen LogP contribution in [-0.4, -0.2) is 15.9 Å². The third-order valence-electron chi connectivity index (χ3n) is 5.21. The van der Waals surface area contributed by atoms with E-state index < -0.39 is 0 Å². The van der Waals surface area contributed by atoms with Gasteiger partial charge < -0.3 is 5.32 Å². The van der Waals surface area contributed by atoms with Crippen LogP contribution in [0.3, 0.4) is 0 Å². The Bertz CT molecular complexity index is 1200. The molecule has 0 fully saturated rings. The molecule has 4 aromatic rings. The zero-order valence-corrected chi connectivity index (χ0v) is 16.9. The predicted octanol–water partition coefficient (Wildman–Crippen LogP) is 5.15. The Hall–Kier alpha value is -3.53. The monoisotopic (exact) mass is 381 g/mol. The van der Waals surface area contributed by atoms with Crippen LogP contribution in [0.1, 0.15) is 32.6 Å². The fraction of sp³-hybridized carbons (Fsp3) is 0.160. The SMILES string of the molecule is Cc1ccc2nc(-c3ccc(C)c(C)c3)cc(C(=O)NCc3ccncc3)c2c1. The Morgan fingerprint density at radius 1 is 0.897 bits per heavy atom. The van der Waals surface area contributed by atoms with Gasteiger partial charge in [0.15, 0.2) is 0 Å². The fourth-order valence-electron chi connectivity index (χ4n) is 3.35. The van der Waals surface area contributed by atoms with Gasteiger partial charge in [-0.15, -0.1) is 0 Å². The van der Waals surface area contributed by atoms with E-state index in [9.17, 15) is 4.79 Å². The number of nitrogens with one attached hydrogen (secondary N) is 1. The predicted molar refractivity (Wildman–Crippen MR) is 117 cm³/mol. The number of aromatic nitrogens is 2. The quantitative estimate of drug-likeness (QED) is 0.532. The molecule has 0 aliphatic carbocycles. The van der Waals surface area contributed by atoms with Crippen molar-refractivity contribution in [3.05, 3.63) is 94.8 Å². The first-order chi connectivity index (χ1) is 14.0. The van der Waals surface area contributed by atoms with E-state index in [-0.39, 0.29) is 5.91 Å². The van der Waals surface area contributed by atoms with Crippen LogP contribution in [0.15, 0.2) is 67.0 Å². The van der Waals surface area contributed by atoms with Gasteiger partial charge in [0, 0.05) is 29.9 Å². The summed E-state index contributed by atoms with van der Waals surface area (Å²) in [6.45, 7) is 6.66. The van der Waals surface area contributed by atoms with E-state index in [0.29, 0.717) is 12.1 Å². The Labute approximate surface area is 170 Å². The van der Waals surface area contributed by atoms with Crippen molar-refractivity contribution in [2.75, 3.05) is 0 Å². The van der Waals surface area contributed by atoms with Crippen molar-refractivity contribution >= 4 is 16.8 Å². The molecule has 0 saturated heterocycles. The lowest BCUT2D eigenvalue weighted by molar-refractivity contribution is 0.0952. The first-order valence-corrected chi connectivity index (χ1v) is 9.67. The van der Waals surface area contributed by atoms with Gasteiger partial charge in [0.2, 0.25) is 0 Å². The highest BCUT2D eigenvalue weighted by Gasteiger charge is 2.14. The summed E-state index contributed by atoms with van der Waals surface area (Å²) in [6.07, 6.45) is 3.45. The number of hydrogen-bond donors (Lipinski definition) is 1. The van der Waals surface area contributed by atoms with Gasteiger partial charge in [-0.3, -0.25) is 9.78 Å². The molecule has 144 valence electrons. The second-order valence-corrected chi connectivity index (χ2v) is 7.41. The third kappa shape index (κ3) is 4.02. The van der Waals surface area contributed by atoms with Crippen molar-refractivity contribution in [2.45, 2.75) is 27.3 Å². The Morgan fingerprint density at radius 2 is 1.69 bits per heavy atom. The molecule has 4 heteroatoms. The molecular weight excluding hydrogens is 358 g/mol. The lowest BCUT2D eigenvalue weighted by atomic mass is 9.99. The van der Waals surface area contributed by atoms with Gasteiger partial charge in [0.25, 0.3) is 5.91 Å². The van der Waals surface area contributed by atoms with Crippen molar-refractivity contribution in [3.8, 4) is 11.3 Å². The fourth-order valence-corrected chi connectivity index (χ4v) is 3.35. The summed E-state index contributed by atoms with van der Waals surface area (Å²) >= 11 is 0. The number of benzene rings is 2. The normalized spacial score (nSPS) is 10.9. The lowest BCUT2D eigenvalue weighted by Gasteiger charge is -2.12. The number of nitrogens with zero attached hydrogens (tertiary/aromatic N) is 2. The Kier molecular flexibility index (Phi) is 5.09. The third-order valence-corrected chi connectivity index (χ3v) is 5.21. The molecule has 0 aliphatic heterocycles. The average Bonchev–Trinajstić information content (AvgIpc) is 2.74. The van der Waals surface area contributed by atoms with Crippen molar-refractivity contribution < 1.29 is 4.79 Å². The first kappa shape index (κ1) is 18.8. The molecule has 2 aromatic heterocycles. The van der Waals surface area contributed by atoms with Gasteiger partial charge in [-0.05, 0) is 73.9 Å². The van der Waals surface area contributed by atoms with Gasteiger partial charge >= 0.3 is 0 Å². The summed E-state index contributed by atoms with van der Waals surface area (Å²) in [4.78, 5) is 21.9. The number of pyridine rings is 2. The number of hydrogen-bond acceptors (Lipinski definition) is 3. The molecular formula is C25H23N3O. The molecule has 2 aromatic carbocycles. The molecule has 0 aliphatic rings. The number of amides is 1. The summed E-state index contributed by atoms with van der Waals surface area (Å²) in [7, 11) is 0.